The minimum atomic E-state index is -0.997. The van der Waals surface area contributed by atoms with Crippen LogP contribution in [0.5, 0.6) is 5.75 Å². The Morgan fingerprint density at radius 3 is 2.38 bits per heavy atom. The molecule has 0 atom stereocenters. The minimum absolute atomic E-state index is 0.166. The molecule has 1 N–H and O–H groups in total. The zero-order valence-corrected chi connectivity index (χ0v) is 14.0. The first-order valence-corrected chi connectivity index (χ1v) is 7.47. The van der Waals surface area contributed by atoms with Gasteiger partial charge in [0.25, 0.3) is 0 Å². The molecule has 0 aliphatic rings. The lowest BCUT2D eigenvalue weighted by molar-refractivity contribution is 0.0697. The molecule has 2 rings (SSSR count). The van der Waals surface area contributed by atoms with E-state index in [1.807, 2.05) is 26.0 Å². The molecule has 0 aliphatic heterocycles. The van der Waals surface area contributed by atoms with Gasteiger partial charge in [0, 0.05) is 15.1 Å². The van der Waals surface area contributed by atoms with Crippen LogP contribution in [-0.4, -0.2) is 11.1 Å². The average molecular weight is 370 g/mol. The second-order valence-corrected chi connectivity index (χ2v) is 5.97. The van der Waals surface area contributed by atoms with E-state index in [4.69, 9.17) is 21.4 Å². The maximum atomic E-state index is 10.9. The molecule has 3 nitrogen and oxygen atoms in total. The largest absolute Gasteiger partial charge is 0.489 e. The predicted molar refractivity (Wildman–Crippen MR) is 86.4 cm³/mol. The number of hydrogen-bond donors (Lipinski definition) is 1. The maximum absolute atomic E-state index is 10.9. The van der Waals surface area contributed by atoms with Crippen molar-refractivity contribution in [3.05, 3.63) is 62.1 Å². The minimum Gasteiger partial charge on any atom is -0.489 e. The normalized spacial score (nSPS) is 10.5. The highest BCUT2D eigenvalue weighted by molar-refractivity contribution is 9.10. The highest BCUT2D eigenvalue weighted by Gasteiger charge is 2.08. The summed E-state index contributed by atoms with van der Waals surface area (Å²) in [4.78, 5) is 10.9. The van der Waals surface area contributed by atoms with Gasteiger partial charge in [-0.2, -0.15) is 0 Å². The Morgan fingerprint density at radius 2 is 1.86 bits per heavy atom. The van der Waals surface area contributed by atoms with Gasteiger partial charge in [0.1, 0.15) is 12.4 Å². The molecule has 2 aromatic rings. The smallest absolute Gasteiger partial charge is 0.335 e. The molecule has 110 valence electrons. The Balaban J connectivity index is 2.15. The number of carboxylic acid groups (broad SMARTS) is 1. The van der Waals surface area contributed by atoms with Crippen molar-refractivity contribution in [3.63, 3.8) is 0 Å². The van der Waals surface area contributed by atoms with Crippen molar-refractivity contribution >= 4 is 33.5 Å². The Labute approximate surface area is 136 Å². The van der Waals surface area contributed by atoms with Crippen molar-refractivity contribution in [1.29, 1.82) is 0 Å². The highest BCUT2D eigenvalue weighted by atomic mass is 79.9. The van der Waals surface area contributed by atoms with Crippen molar-refractivity contribution < 1.29 is 14.6 Å². The number of ether oxygens (including phenoxy) is 1. The summed E-state index contributed by atoms with van der Waals surface area (Å²) < 4.78 is 6.81. The molecule has 0 bridgehead atoms. The summed E-state index contributed by atoms with van der Waals surface area (Å²) in [7, 11) is 0. The summed E-state index contributed by atoms with van der Waals surface area (Å²) >= 11 is 9.59. The van der Waals surface area contributed by atoms with Crippen LogP contribution in [0.1, 0.15) is 27.0 Å². The maximum Gasteiger partial charge on any atom is 0.335 e. The van der Waals surface area contributed by atoms with Crippen molar-refractivity contribution in [3.8, 4) is 5.75 Å². The van der Waals surface area contributed by atoms with Crippen molar-refractivity contribution in [2.45, 2.75) is 20.5 Å². The van der Waals surface area contributed by atoms with E-state index in [2.05, 4.69) is 15.9 Å². The number of hydrogen-bond acceptors (Lipinski definition) is 2. The number of halogens is 2. The Kier molecular flexibility index (Phi) is 4.91. The number of aryl methyl sites for hydroxylation is 2. The van der Waals surface area contributed by atoms with Crippen LogP contribution in [0.4, 0.5) is 0 Å². The monoisotopic (exact) mass is 368 g/mol. The van der Waals surface area contributed by atoms with Crippen LogP contribution in [0.2, 0.25) is 5.02 Å². The molecule has 0 unspecified atom stereocenters. The van der Waals surface area contributed by atoms with E-state index < -0.39 is 5.97 Å². The van der Waals surface area contributed by atoms with Crippen LogP contribution in [0.3, 0.4) is 0 Å². The molecule has 0 aromatic heterocycles. The zero-order chi connectivity index (χ0) is 15.6. The molecule has 0 amide bonds. The lowest BCUT2D eigenvalue weighted by Gasteiger charge is -2.11. The fraction of sp³-hybridized carbons (Fsp3) is 0.188. The standard InChI is InChI=1S/C16H14BrClO3/c1-9-5-13(6-10(2)15(9)17)21-8-12-4-3-11(16(19)20)7-14(12)18/h3-7H,8H2,1-2H3,(H,19,20). The molecule has 0 aliphatic carbocycles. The lowest BCUT2D eigenvalue weighted by atomic mass is 10.1. The molecule has 0 radical (unpaired) electrons. The van der Waals surface area contributed by atoms with E-state index >= 15 is 0 Å². The molecule has 0 spiro atoms. The molecular weight excluding hydrogens is 356 g/mol. The van der Waals surface area contributed by atoms with Gasteiger partial charge < -0.3 is 9.84 Å². The third-order valence-electron chi connectivity index (χ3n) is 3.10. The molecule has 0 heterocycles. The number of rotatable bonds is 4. The SMILES string of the molecule is Cc1cc(OCc2ccc(C(=O)O)cc2Cl)cc(C)c1Br. The number of benzene rings is 2. The Bertz CT molecular complexity index is 675. The zero-order valence-electron chi connectivity index (χ0n) is 11.6. The summed E-state index contributed by atoms with van der Waals surface area (Å²) in [5.74, 6) is -0.241. The molecule has 0 saturated heterocycles. The first kappa shape index (κ1) is 15.9. The lowest BCUT2D eigenvalue weighted by Crippen LogP contribution is -2.00. The molecule has 0 fully saturated rings. The average Bonchev–Trinajstić information content (AvgIpc) is 2.43. The fourth-order valence-corrected chi connectivity index (χ4v) is 2.41. The molecule has 2 aromatic carbocycles. The van der Waals surface area contributed by atoms with Crippen molar-refractivity contribution in [1.82, 2.24) is 0 Å². The van der Waals surface area contributed by atoms with Crippen LogP contribution >= 0.6 is 27.5 Å². The van der Waals surface area contributed by atoms with Gasteiger partial charge in [-0.15, -0.1) is 0 Å². The summed E-state index contributed by atoms with van der Waals surface area (Å²) in [6.07, 6.45) is 0. The number of carboxylic acids is 1. The van der Waals surface area contributed by atoms with Crippen molar-refractivity contribution in [2.24, 2.45) is 0 Å². The third kappa shape index (κ3) is 3.77. The van der Waals surface area contributed by atoms with E-state index in [0.29, 0.717) is 11.6 Å². The predicted octanol–water partition coefficient (Wildman–Crippen LogP) is 5.00. The number of carbonyl (C=O) groups is 1. The number of aromatic carboxylic acids is 1. The van der Waals surface area contributed by atoms with Gasteiger partial charge in [0.05, 0.1) is 5.56 Å². The molecule has 5 heteroatoms. The first-order valence-electron chi connectivity index (χ1n) is 6.29. The van der Waals surface area contributed by atoms with E-state index in [1.165, 1.54) is 12.1 Å². The van der Waals surface area contributed by atoms with Gasteiger partial charge in [-0.1, -0.05) is 33.6 Å². The van der Waals surface area contributed by atoms with Crippen LogP contribution in [0.25, 0.3) is 0 Å². The van der Waals surface area contributed by atoms with E-state index in [0.717, 1.165) is 26.9 Å². The second-order valence-electron chi connectivity index (χ2n) is 4.77. The first-order chi connectivity index (χ1) is 9.88. The summed E-state index contributed by atoms with van der Waals surface area (Å²) in [6.45, 7) is 4.29. The Hall–Kier alpha value is -1.52. The topological polar surface area (TPSA) is 46.5 Å². The third-order valence-corrected chi connectivity index (χ3v) is 4.71. The fourth-order valence-electron chi connectivity index (χ4n) is 1.95. The van der Waals surface area contributed by atoms with E-state index in [1.54, 1.807) is 6.07 Å². The van der Waals surface area contributed by atoms with Gasteiger partial charge in [-0.05, 0) is 49.2 Å². The molecular formula is C16H14BrClO3. The van der Waals surface area contributed by atoms with Gasteiger partial charge in [0.15, 0.2) is 0 Å². The van der Waals surface area contributed by atoms with E-state index in [9.17, 15) is 4.79 Å². The highest BCUT2D eigenvalue weighted by Crippen LogP contribution is 2.27. The second kappa shape index (κ2) is 6.50. The van der Waals surface area contributed by atoms with Crippen LogP contribution in [-0.2, 0) is 6.61 Å². The van der Waals surface area contributed by atoms with Gasteiger partial charge >= 0.3 is 5.97 Å². The van der Waals surface area contributed by atoms with Crippen LogP contribution < -0.4 is 4.74 Å². The van der Waals surface area contributed by atoms with Gasteiger partial charge in [-0.25, -0.2) is 4.79 Å². The van der Waals surface area contributed by atoms with Crippen LogP contribution in [0.15, 0.2) is 34.8 Å². The quantitative estimate of drug-likeness (QED) is 0.825. The Morgan fingerprint density at radius 1 is 1.24 bits per heavy atom. The van der Waals surface area contributed by atoms with Crippen molar-refractivity contribution in [2.75, 3.05) is 0 Å². The summed E-state index contributed by atoms with van der Waals surface area (Å²) in [5.41, 5.74) is 3.11. The molecule has 21 heavy (non-hydrogen) atoms. The summed E-state index contributed by atoms with van der Waals surface area (Å²) in [5, 5.41) is 9.29. The van der Waals surface area contributed by atoms with Crippen LogP contribution in [0, 0.1) is 13.8 Å². The summed E-state index contributed by atoms with van der Waals surface area (Å²) in [6, 6.07) is 8.50. The van der Waals surface area contributed by atoms with Gasteiger partial charge in [-0.3, -0.25) is 0 Å². The molecule has 0 saturated carbocycles. The van der Waals surface area contributed by atoms with E-state index in [-0.39, 0.29) is 5.56 Å². The van der Waals surface area contributed by atoms with Gasteiger partial charge in [0.2, 0.25) is 0 Å².